The number of ether oxygens (including phenoxy) is 1. The lowest BCUT2D eigenvalue weighted by atomic mass is 10.1. The maximum absolute atomic E-state index is 12.7. The van der Waals surface area contributed by atoms with Crippen molar-refractivity contribution in [1.82, 2.24) is 15.2 Å². The third kappa shape index (κ3) is 4.76. The average Bonchev–Trinajstić information content (AvgIpc) is 3.04. The Morgan fingerprint density at radius 2 is 2.03 bits per heavy atom. The highest BCUT2D eigenvalue weighted by Gasteiger charge is 2.33. The number of oxazole rings is 1. The number of hydrogen-bond acceptors (Lipinski definition) is 6. The lowest BCUT2D eigenvalue weighted by Crippen LogP contribution is -2.55. The molecule has 1 N–H and O–H groups in total. The van der Waals surface area contributed by atoms with E-state index in [-0.39, 0.29) is 24.8 Å². The number of rotatable bonds is 5. The highest BCUT2D eigenvalue weighted by molar-refractivity contribution is 5.87. The van der Waals surface area contributed by atoms with Gasteiger partial charge in [0, 0.05) is 25.2 Å². The summed E-state index contributed by atoms with van der Waals surface area (Å²) in [6.45, 7) is 2.88. The molecule has 1 atom stereocenters. The number of aryl methyl sites for hydroxylation is 1. The molecular weight excluding hydrogens is 391 g/mol. The number of alkyl halides is 3. The van der Waals surface area contributed by atoms with Crippen molar-refractivity contribution in [3.63, 3.8) is 0 Å². The van der Waals surface area contributed by atoms with Crippen LogP contribution in [0.3, 0.4) is 0 Å². The molecular formula is C19H20F3N3O4. The van der Waals surface area contributed by atoms with Gasteiger partial charge in [0.25, 0.3) is 0 Å². The summed E-state index contributed by atoms with van der Waals surface area (Å²) in [4.78, 5) is 30.0. The number of halogens is 3. The SMILES string of the molecule is COC(=O)C[C@@H]1C(=O)NCCN1Cc1nc(-c2ccc(C(F)(F)F)cc2)oc1C. The fourth-order valence-corrected chi connectivity index (χ4v) is 3.11. The molecule has 29 heavy (non-hydrogen) atoms. The van der Waals surface area contributed by atoms with Crippen molar-refractivity contribution in [3.8, 4) is 11.5 Å². The van der Waals surface area contributed by atoms with Gasteiger partial charge in [0.1, 0.15) is 11.8 Å². The molecule has 0 bridgehead atoms. The number of esters is 1. The molecule has 1 aromatic heterocycles. The van der Waals surface area contributed by atoms with Gasteiger partial charge < -0.3 is 14.5 Å². The molecule has 0 saturated carbocycles. The second-order valence-electron chi connectivity index (χ2n) is 6.65. The van der Waals surface area contributed by atoms with Crippen LogP contribution >= 0.6 is 0 Å². The largest absolute Gasteiger partial charge is 0.469 e. The zero-order chi connectivity index (χ0) is 21.2. The summed E-state index contributed by atoms with van der Waals surface area (Å²) in [5, 5.41) is 2.72. The molecule has 156 valence electrons. The van der Waals surface area contributed by atoms with Crippen molar-refractivity contribution >= 4 is 11.9 Å². The molecule has 7 nitrogen and oxygen atoms in total. The zero-order valence-corrected chi connectivity index (χ0v) is 15.9. The summed E-state index contributed by atoms with van der Waals surface area (Å²) < 4.78 is 48.5. The Hall–Kier alpha value is -2.88. The van der Waals surface area contributed by atoms with E-state index < -0.39 is 23.8 Å². The Bertz CT molecular complexity index is 893. The first kappa shape index (κ1) is 20.8. The Morgan fingerprint density at radius 1 is 1.34 bits per heavy atom. The topological polar surface area (TPSA) is 84.7 Å². The van der Waals surface area contributed by atoms with Crippen LogP contribution in [0, 0.1) is 6.92 Å². The van der Waals surface area contributed by atoms with E-state index in [1.807, 2.05) is 0 Å². The van der Waals surface area contributed by atoms with Crippen molar-refractivity contribution in [1.29, 1.82) is 0 Å². The van der Waals surface area contributed by atoms with Crippen molar-refractivity contribution in [2.24, 2.45) is 0 Å². The fourth-order valence-electron chi connectivity index (χ4n) is 3.11. The van der Waals surface area contributed by atoms with E-state index in [0.717, 1.165) is 12.1 Å². The van der Waals surface area contributed by atoms with Crippen molar-refractivity contribution < 1.29 is 31.9 Å². The zero-order valence-electron chi connectivity index (χ0n) is 15.9. The van der Waals surface area contributed by atoms with Crippen LogP contribution in [0.5, 0.6) is 0 Å². The van der Waals surface area contributed by atoms with Crippen molar-refractivity contribution in [3.05, 3.63) is 41.3 Å². The second-order valence-corrected chi connectivity index (χ2v) is 6.65. The fraction of sp³-hybridized carbons (Fsp3) is 0.421. The van der Waals surface area contributed by atoms with Crippen molar-refractivity contribution in [2.75, 3.05) is 20.2 Å². The molecule has 0 radical (unpaired) electrons. The Labute approximate surface area is 164 Å². The van der Waals surface area contributed by atoms with Crippen LogP contribution in [0.4, 0.5) is 13.2 Å². The number of carbonyl (C=O) groups excluding carboxylic acids is 2. The van der Waals surface area contributed by atoms with E-state index in [1.165, 1.54) is 19.2 Å². The van der Waals surface area contributed by atoms with Crippen LogP contribution in [0.25, 0.3) is 11.5 Å². The molecule has 1 fully saturated rings. The molecule has 1 aliphatic heterocycles. The molecule has 1 aromatic carbocycles. The number of methoxy groups -OCH3 is 1. The number of nitrogens with one attached hydrogen (secondary N) is 1. The molecule has 0 aliphatic carbocycles. The highest BCUT2D eigenvalue weighted by atomic mass is 19.4. The maximum atomic E-state index is 12.7. The third-order valence-electron chi connectivity index (χ3n) is 4.73. The number of amides is 1. The van der Waals surface area contributed by atoms with Gasteiger partial charge in [-0.3, -0.25) is 14.5 Å². The average molecular weight is 411 g/mol. The number of hydrogen-bond donors (Lipinski definition) is 1. The van der Waals surface area contributed by atoms with Gasteiger partial charge in [-0.05, 0) is 31.2 Å². The van der Waals surface area contributed by atoms with E-state index in [9.17, 15) is 22.8 Å². The summed E-state index contributed by atoms with van der Waals surface area (Å²) in [6, 6.07) is 3.84. The van der Waals surface area contributed by atoms with Gasteiger partial charge in [0.05, 0.1) is 24.8 Å². The number of nitrogens with zero attached hydrogens (tertiary/aromatic N) is 2. The molecule has 0 spiro atoms. The lowest BCUT2D eigenvalue weighted by molar-refractivity contribution is -0.146. The van der Waals surface area contributed by atoms with Crippen LogP contribution in [-0.4, -0.2) is 48.0 Å². The molecule has 1 amide bonds. The standard InChI is InChI=1S/C19H20F3N3O4/c1-11-14(10-25-8-7-23-17(27)15(25)9-16(26)28-2)24-18(29-11)12-3-5-13(6-4-12)19(20,21)22/h3-6,15H,7-10H2,1-2H3,(H,23,27)/t15-/m1/s1. The predicted octanol–water partition coefficient (Wildman–Crippen LogP) is 2.53. The van der Waals surface area contributed by atoms with E-state index in [0.29, 0.717) is 30.1 Å². The first-order valence-corrected chi connectivity index (χ1v) is 8.91. The van der Waals surface area contributed by atoms with Crippen LogP contribution in [0.1, 0.15) is 23.4 Å². The van der Waals surface area contributed by atoms with Crippen LogP contribution in [0.2, 0.25) is 0 Å². The Balaban J connectivity index is 1.79. The summed E-state index contributed by atoms with van der Waals surface area (Å²) in [5.74, 6) is -0.0926. The summed E-state index contributed by atoms with van der Waals surface area (Å²) in [5.41, 5.74) is 0.203. The Kier molecular flexibility index (Phi) is 5.92. The number of piperazine rings is 1. The molecule has 0 unspecified atom stereocenters. The first-order valence-electron chi connectivity index (χ1n) is 8.91. The van der Waals surface area contributed by atoms with Crippen LogP contribution < -0.4 is 5.32 Å². The van der Waals surface area contributed by atoms with E-state index in [1.54, 1.807) is 11.8 Å². The van der Waals surface area contributed by atoms with Gasteiger partial charge >= 0.3 is 12.1 Å². The number of aromatic nitrogens is 1. The number of benzene rings is 1. The third-order valence-corrected chi connectivity index (χ3v) is 4.73. The normalized spacial score (nSPS) is 17.8. The molecule has 2 heterocycles. The minimum absolute atomic E-state index is 0.0923. The van der Waals surface area contributed by atoms with Crippen molar-refractivity contribution in [2.45, 2.75) is 32.1 Å². The van der Waals surface area contributed by atoms with Crippen LogP contribution in [0.15, 0.2) is 28.7 Å². The second kappa shape index (κ2) is 8.24. The van der Waals surface area contributed by atoms with Gasteiger partial charge in [-0.15, -0.1) is 0 Å². The van der Waals surface area contributed by atoms with Crippen LogP contribution in [-0.2, 0) is 27.0 Å². The van der Waals surface area contributed by atoms with Gasteiger partial charge in [-0.1, -0.05) is 0 Å². The molecule has 1 aliphatic rings. The van der Waals surface area contributed by atoms with E-state index in [2.05, 4.69) is 15.0 Å². The molecule has 10 heteroatoms. The Morgan fingerprint density at radius 3 is 2.66 bits per heavy atom. The molecule has 2 aromatic rings. The highest BCUT2D eigenvalue weighted by Crippen LogP contribution is 2.31. The lowest BCUT2D eigenvalue weighted by Gasteiger charge is -2.33. The quantitative estimate of drug-likeness (QED) is 0.762. The summed E-state index contributed by atoms with van der Waals surface area (Å²) in [6.07, 6.45) is -4.51. The van der Waals surface area contributed by atoms with E-state index in [4.69, 9.17) is 4.42 Å². The minimum atomic E-state index is -4.42. The molecule has 3 rings (SSSR count). The smallest absolute Gasteiger partial charge is 0.416 e. The van der Waals surface area contributed by atoms with Gasteiger partial charge in [0.2, 0.25) is 11.8 Å². The number of carbonyl (C=O) groups is 2. The first-order chi connectivity index (χ1) is 13.7. The summed E-state index contributed by atoms with van der Waals surface area (Å²) >= 11 is 0. The van der Waals surface area contributed by atoms with Gasteiger partial charge in [0.15, 0.2) is 0 Å². The van der Waals surface area contributed by atoms with Gasteiger partial charge in [-0.2, -0.15) is 13.2 Å². The maximum Gasteiger partial charge on any atom is 0.416 e. The monoisotopic (exact) mass is 411 g/mol. The minimum Gasteiger partial charge on any atom is -0.469 e. The van der Waals surface area contributed by atoms with E-state index >= 15 is 0 Å². The van der Waals surface area contributed by atoms with Gasteiger partial charge in [-0.25, -0.2) is 4.98 Å². The predicted molar refractivity (Wildman–Crippen MR) is 95.5 cm³/mol. The molecule has 1 saturated heterocycles. The summed E-state index contributed by atoms with van der Waals surface area (Å²) in [7, 11) is 1.26.